The third-order valence-corrected chi connectivity index (χ3v) is 5.43. The van der Waals surface area contributed by atoms with Gasteiger partial charge >= 0.3 is 0 Å². The van der Waals surface area contributed by atoms with Crippen LogP contribution in [0.5, 0.6) is 0 Å². The first-order valence-electron chi connectivity index (χ1n) is 6.64. The highest BCUT2D eigenvalue weighted by atomic mass is 32.2. The van der Waals surface area contributed by atoms with Gasteiger partial charge < -0.3 is 5.32 Å². The second-order valence-electron chi connectivity index (χ2n) is 5.20. The third kappa shape index (κ3) is 3.76. The van der Waals surface area contributed by atoms with Crippen LogP contribution in [0.15, 0.2) is 24.3 Å². The SMILES string of the molecule is CS(=O)(=O)C1CCCC1NCCc1ccccc1F. The Balaban J connectivity index is 1.88. The second-order valence-corrected chi connectivity index (χ2v) is 7.47. The van der Waals surface area contributed by atoms with E-state index >= 15 is 0 Å². The van der Waals surface area contributed by atoms with Crippen LogP contribution in [0, 0.1) is 5.82 Å². The average Bonchev–Trinajstić information content (AvgIpc) is 2.80. The van der Waals surface area contributed by atoms with E-state index < -0.39 is 9.84 Å². The minimum atomic E-state index is -2.99. The van der Waals surface area contributed by atoms with E-state index in [1.807, 2.05) is 6.07 Å². The summed E-state index contributed by atoms with van der Waals surface area (Å²) in [6.45, 7) is 0.609. The predicted molar refractivity (Wildman–Crippen MR) is 74.4 cm³/mol. The van der Waals surface area contributed by atoms with Gasteiger partial charge in [-0.2, -0.15) is 0 Å². The van der Waals surface area contributed by atoms with Crippen LogP contribution in [0.1, 0.15) is 24.8 Å². The number of benzene rings is 1. The Kier molecular flexibility index (Phi) is 4.58. The van der Waals surface area contributed by atoms with Gasteiger partial charge in [0.2, 0.25) is 0 Å². The molecule has 2 rings (SSSR count). The number of rotatable bonds is 5. The van der Waals surface area contributed by atoms with Gasteiger partial charge in [-0.05, 0) is 37.4 Å². The smallest absolute Gasteiger partial charge is 0.151 e. The Bertz CT molecular complexity index is 530. The van der Waals surface area contributed by atoms with Gasteiger partial charge in [-0.1, -0.05) is 24.6 Å². The van der Waals surface area contributed by atoms with Crippen molar-refractivity contribution in [2.24, 2.45) is 0 Å². The van der Waals surface area contributed by atoms with Gasteiger partial charge in [0.25, 0.3) is 0 Å². The molecular formula is C14H20FNO2S. The lowest BCUT2D eigenvalue weighted by Crippen LogP contribution is -2.40. The Hall–Kier alpha value is -0.940. The molecular weight excluding hydrogens is 265 g/mol. The largest absolute Gasteiger partial charge is 0.312 e. The summed E-state index contributed by atoms with van der Waals surface area (Å²) < 4.78 is 36.7. The minimum Gasteiger partial charge on any atom is -0.312 e. The van der Waals surface area contributed by atoms with Crippen molar-refractivity contribution in [3.05, 3.63) is 35.6 Å². The molecule has 106 valence electrons. The molecule has 0 bridgehead atoms. The zero-order valence-electron chi connectivity index (χ0n) is 11.1. The summed E-state index contributed by atoms with van der Waals surface area (Å²) in [5, 5.41) is 2.98. The highest BCUT2D eigenvalue weighted by Gasteiger charge is 2.34. The number of sulfone groups is 1. The summed E-state index contributed by atoms with van der Waals surface area (Å²) in [6, 6.07) is 6.71. The van der Waals surface area contributed by atoms with E-state index in [2.05, 4.69) is 5.32 Å². The Morgan fingerprint density at radius 1 is 1.32 bits per heavy atom. The van der Waals surface area contributed by atoms with E-state index in [9.17, 15) is 12.8 Å². The number of halogens is 1. The molecule has 0 spiro atoms. The number of hydrogen-bond acceptors (Lipinski definition) is 3. The lowest BCUT2D eigenvalue weighted by Gasteiger charge is -2.19. The molecule has 1 N–H and O–H groups in total. The molecule has 1 fully saturated rings. The predicted octanol–water partition coefficient (Wildman–Crippen LogP) is 1.92. The molecule has 5 heteroatoms. The Morgan fingerprint density at radius 3 is 2.74 bits per heavy atom. The van der Waals surface area contributed by atoms with Gasteiger partial charge in [0.05, 0.1) is 5.25 Å². The van der Waals surface area contributed by atoms with E-state index in [0.717, 1.165) is 19.3 Å². The van der Waals surface area contributed by atoms with Crippen molar-refractivity contribution in [3.8, 4) is 0 Å². The zero-order chi connectivity index (χ0) is 13.9. The third-order valence-electron chi connectivity index (χ3n) is 3.76. The summed E-state index contributed by atoms with van der Waals surface area (Å²) in [6.07, 6.45) is 4.44. The first kappa shape index (κ1) is 14.5. The van der Waals surface area contributed by atoms with E-state index in [0.29, 0.717) is 18.5 Å². The summed E-state index contributed by atoms with van der Waals surface area (Å²) in [5.74, 6) is -0.199. The maximum Gasteiger partial charge on any atom is 0.151 e. The fraction of sp³-hybridized carbons (Fsp3) is 0.571. The van der Waals surface area contributed by atoms with Crippen LogP contribution < -0.4 is 5.32 Å². The molecule has 3 nitrogen and oxygen atoms in total. The molecule has 1 saturated carbocycles. The number of nitrogens with one attached hydrogen (secondary N) is 1. The van der Waals surface area contributed by atoms with Crippen LogP contribution in [0.2, 0.25) is 0 Å². The topological polar surface area (TPSA) is 46.2 Å². The first-order valence-corrected chi connectivity index (χ1v) is 8.59. The van der Waals surface area contributed by atoms with Crippen molar-refractivity contribution < 1.29 is 12.8 Å². The molecule has 0 aliphatic heterocycles. The molecule has 1 aliphatic carbocycles. The molecule has 0 heterocycles. The van der Waals surface area contributed by atoms with Gasteiger partial charge in [0.1, 0.15) is 5.82 Å². The summed E-state index contributed by atoms with van der Waals surface area (Å²) in [5.41, 5.74) is 0.670. The molecule has 0 radical (unpaired) electrons. The van der Waals surface area contributed by atoms with E-state index in [1.165, 1.54) is 12.3 Å². The van der Waals surface area contributed by atoms with Crippen LogP contribution in [-0.2, 0) is 16.3 Å². The van der Waals surface area contributed by atoms with Crippen LogP contribution in [0.3, 0.4) is 0 Å². The molecule has 1 aromatic rings. The van der Waals surface area contributed by atoms with Crippen molar-refractivity contribution >= 4 is 9.84 Å². The van der Waals surface area contributed by atoms with Crippen molar-refractivity contribution in [3.63, 3.8) is 0 Å². The van der Waals surface area contributed by atoms with Crippen LogP contribution in [-0.4, -0.2) is 32.5 Å². The van der Waals surface area contributed by atoms with Gasteiger partial charge in [-0.25, -0.2) is 12.8 Å². The Labute approximate surface area is 114 Å². The first-order chi connectivity index (χ1) is 8.98. The van der Waals surface area contributed by atoms with Crippen molar-refractivity contribution in [2.75, 3.05) is 12.8 Å². The fourth-order valence-corrected chi connectivity index (χ4v) is 4.19. The highest BCUT2D eigenvalue weighted by molar-refractivity contribution is 7.91. The summed E-state index contributed by atoms with van der Waals surface area (Å²) >= 11 is 0. The molecule has 0 aromatic heterocycles. The molecule has 19 heavy (non-hydrogen) atoms. The number of hydrogen-bond donors (Lipinski definition) is 1. The van der Waals surface area contributed by atoms with Crippen LogP contribution in [0.4, 0.5) is 4.39 Å². The van der Waals surface area contributed by atoms with E-state index in [-0.39, 0.29) is 17.1 Å². The molecule has 1 aromatic carbocycles. The second kappa shape index (κ2) is 6.01. The maximum absolute atomic E-state index is 13.4. The lowest BCUT2D eigenvalue weighted by atomic mass is 10.1. The average molecular weight is 285 g/mol. The standard InChI is InChI=1S/C14H20FNO2S/c1-19(17,18)14-8-4-7-13(14)16-10-9-11-5-2-3-6-12(11)15/h2-3,5-6,13-14,16H,4,7-10H2,1H3. The van der Waals surface area contributed by atoms with Crippen molar-refractivity contribution in [2.45, 2.75) is 37.0 Å². The molecule has 2 atom stereocenters. The quantitative estimate of drug-likeness (QED) is 0.899. The molecule has 0 saturated heterocycles. The monoisotopic (exact) mass is 285 g/mol. The van der Waals surface area contributed by atoms with Crippen LogP contribution >= 0.6 is 0 Å². The fourth-order valence-electron chi connectivity index (χ4n) is 2.77. The van der Waals surface area contributed by atoms with E-state index in [1.54, 1.807) is 12.1 Å². The van der Waals surface area contributed by atoms with Gasteiger partial charge in [-0.15, -0.1) is 0 Å². The van der Waals surface area contributed by atoms with Gasteiger partial charge in [-0.3, -0.25) is 0 Å². The maximum atomic E-state index is 13.4. The van der Waals surface area contributed by atoms with Gasteiger partial charge in [0, 0.05) is 12.3 Å². The molecule has 2 unspecified atom stereocenters. The lowest BCUT2D eigenvalue weighted by molar-refractivity contribution is 0.506. The molecule has 1 aliphatic rings. The minimum absolute atomic E-state index is 0.0155. The summed E-state index contributed by atoms with van der Waals surface area (Å²) in [4.78, 5) is 0. The van der Waals surface area contributed by atoms with E-state index in [4.69, 9.17) is 0 Å². The van der Waals surface area contributed by atoms with Crippen LogP contribution in [0.25, 0.3) is 0 Å². The zero-order valence-corrected chi connectivity index (χ0v) is 11.9. The summed E-state index contributed by atoms with van der Waals surface area (Å²) in [7, 11) is -2.99. The molecule has 0 amide bonds. The van der Waals surface area contributed by atoms with Gasteiger partial charge in [0.15, 0.2) is 9.84 Å². The van der Waals surface area contributed by atoms with Crippen molar-refractivity contribution in [1.82, 2.24) is 5.32 Å². The normalized spacial score (nSPS) is 23.7. The Morgan fingerprint density at radius 2 is 2.05 bits per heavy atom. The highest BCUT2D eigenvalue weighted by Crippen LogP contribution is 2.25. The van der Waals surface area contributed by atoms with Crippen molar-refractivity contribution in [1.29, 1.82) is 0 Å².